The summed E-state index contributed by atoms with van der Waals surface area (Å²) in [5.41, 5.74) is 3.82. The number of imide groups is 1. The fourth-order valence-corrected chi connectivity index (χ4v) is 4.51. The maximum atomic E-state index is 13.3. The van der Waals surface area contributed by atoms with Crippen molar-refractivity contribution in [2.24, 2.45) is 0 Å². The van der Waals surface area contributed by atoms with E-state index < -0.39 is 6.04 Å². The monoisotopic (exact) mass is 434 g/mol. The second kappa shape index (κ2) is 9.53. The lowest BCUT2D eigenvalue weighted by Gasteiger charge is -2.46. The summed E-state index contributed by atoms with van der Waals surface area (Å²) < 4.78 is 0. The van der Waals surface area contributed by atoms with Crippen LogP contribution in [0, 0.1) is 13.8 Å². The van der Waals surface area contributed by atoms with E-state index in [1.54, 1.807) is 4.90 Å². The van der Waals surface area contributed by atoms with Crippen LogP contribution in [0.2, 0.25) is 0 Å². The molecule has 2 aromatic carbocycles. The molecule has 2 aliphatic rings. The van der Waals surface area contributed by atoms with E-state index in [1.165, 1.54) is 4.90 Å². The Morgan fingerprint density at radius 3 is 2.69 bits per heavy atom. The number of urea groups is 1. The molecule has 0 bridgehead atoms. The second-order valence-corrected chi connectivity index (χ2v) is 8.64. The molecule has 4 amide bonds. The summed E-state index contributed by atoms with van der Waals surface area (Å²) in [5, 5.41) is 6.21. The van der Waals surface area contributed by atoms with Crippen LogP contribution in [0.5, 0.6) is 0 Å². The van der Waals surface area contributed by atoms with Crippen molar-refractivity contribution in [3.8, 4) is 0 Å². The number of piperidine rings is 1. The minimum absolute atomic E-state index is 0.0792. The molecule has 7 heteroatoms. The van der Waals surface area contributed by atoms with E-state index >= 15 is 0 Å². The predicted molar refractivity (Wildman–Crippen MR) is 123 cm³/mol. The zero-order valence-corrected chi connectivity index (χ0v) is 18.6. The highest BCUT2D eigenvalue weighted by atomic mass is 16.2. The molecule has 0 spiro atoms. The molecular weight excluding hydrogens is 404 g/mol. The Labute approximate surface area is 188 Å². The first kappa shape index (κ1) is 22.0. The number of amides is 4. The predicted octanol–water partition coefficient (Wildman–Crippen LogP) is 2.87. The van der Waals surface area contributed by atoms with Crippen molar-refractivity contribution in [2.75, 3.05) is 25.0 Å². The van der Waals surface area contributed by atoms with Gasteiger partial charge < -0.3 is 15.5 Å². The summed E-state index contributed by atoms with van der Waals surface area (Å²) in [6, 6.07) is 14.5. The van der Waals surface area contributed by atoms with Crippen LogP contribution in [0.25, 0.3) is 0 Å². The minimum Gasteiger partial charge on any atom is -0.324 e. The number of anilines is 1. The quantitative estimate of drug-likeness (QED) is 0.733. The van der Waals surface area contributed by atoms with Crippen LogP contribution in [0.1, 0.15) is 29.5 Å². The molecule has 2 N–H and O–H groups in total. The van der Waals surface area contributed by atoms with E-state index in [0.717, 1.165) is 35.3 Å². The molecule has 0 saturated carbocycles. The Kier molecular flexibility index (Phi) is 6.55. The molecule has 0 aromatic heterocycles. The summed E-state index contributed by atoms with van der Waals surface area (Å²) >= 11 is 0. The molecule has 2 unspecified atom stereocenters. The van der Waals surface area contributed by atoms with Gasteiger partial charge in [-0.2, -0.15) is 0 Å². The molecule has 2 fully saturated rings. The van der Waals surface area contributed by atoms with Crippen LogP contribution in [0.4, 0.5) is 10.5 Å². The number of hydrogen-bond acceptors (Lipinski definition) is 4. The van der Waals surface area contributed by atoms with Crippen molar-refractivity contribution >= 4 is 23.5 Å². The van der Waals surface area contributed by atoms with Gasteiger partial charge in [-0.25, -0.2) is 4.79 Å². The fourth-order valence-electron chi connectivity index (χ4n) is 4.51. The Balaban J connectivity index is 1.50. The van der Waals surface area contributed by atoms with E-state index in [-0.39, 0.29) is 30.4 Å². The Hall–Kier alpha value is -3.19. The van der Waals surface area contributed by atoms with Crippen LogP contribution in [0.3, 0.4) is 0 Å². The van der Waals surface area contributed by atoms with Crippen molar-refractivity contribution in [1.82, 2.24) is 15.1 Å². The number of carbonyl (C=O) groups excluding carboxylic acids is 3. The molecule has 0 radical (unpaired) electrons. The lowest BCUT2D eigenvalue weighted by atomic mass is 9.93. The van der Waals surface area contributed by atoms with E-state index in [9.17, 15) is 14.4 Å². The van der Waals surface area contributed by atoms with Crippen LogP contribution >= 0.6 is 0 Å². The molecule has 168 valence electrons. The molecule has 2 atom stereocenters. The van der Waals surface area contributed by atoms with Gasteiger partial charge in [0.25, 0.3) is 0 Å². The third-order valence-corrected chi connectivity index (χ3v) is 6.28. The maximum absolute atomic E-state index is 13.3. The van der Waals surface area contributed by atoms with Crippen LogP contribution in [-0.2, 0) is 16.0 Å². The molecule has 4 rings (SSSR count). The molecular formula is C25H30N4O3. The van der Waals surface area contributed by atoms with Crippen LogP contribution < -0.4 is 10.6 Å². The van der Waals surface area contributed by atoms with E-state index in [2.05, 4.69) is 10.6 Å². The topological polar surface area (TPSA) is 81.8 Å². The highest BCUT2D eigenvalue weighted by Gasteiger charge is 2.47. The molecule has 2 saturated heterocycles. The Bertz CT molecular complexity index is 1010. The van der Waals surface area contributed by atoms with Gasteiger partial charge in [0.05, 0.1) is 6.04 Å². The number of carbonyl (C=O) groups is 3. The number of benzene rings is 2. The van der Waals surface area contributed by atoms with Gasteiger partial charge in [0.1, 0.15) is 12.6 Å². The van der Waals surface area contributed by atoms with Gasteiger partial charge >= 0.3 is 6.03 Å². The molecule has 7 nitrogen and oxygen atoms in total. The van der Waals surface area contributed by atoms with Crippen LogP contribution in [-0.4, -0.2) is 59.4 Å². The summed E-state index contributed by atoms with van der Waals surface area (Å²) in [7, 11) is 0. The number of nitrogens with zero attached hydrogens (tertiary/aromatic N) is 2. The van der Waals surface area contributed by atoms with Gasteiger partial charge in [0, 0.05) is 12.2 Å². The zero-order chi connectivity index (χ0) is 22.7. The Morgan fingerprint density at radius 1 is 1.12 bits per heavy atom. The lowest BCUT2D eigenvalue weighted by Crippen LogP contribution is -2.70. The van der Waals surface area contributed by atoms with Gasteiger partial charge in [-0.3, -0.25) is 14.5 Å². The smallest absolute Gasteiger partial charge is 0.324 e. The van der Waals surface area contributed by atoms with Crippen molar-refractivity contribution < 1.29 is 14.4 Å². The van der Waals surface area contributed by atoms with Crippen molar-refractivity contribution in [2.45, 2.75) is 45.2 Å². The third kappa shape index (κ3) is 4.67. The number of rotatable bonds is 6. The normalized spacial score (nSPS) is 20.8. The van der Waals surface area contributed by atoms with Crippen molar-refractivity contribution in [1.29, 1.82) is 0 Å². The van der Waals surface area contributed by atoms with Crippen molar-refractivity contribution in [3.63, 3.8) is 0 Å². The number of fused-ring (bicyclic) bond motifs is 1. The summed E-state index contributed by atoms with van der Waals surface area (Å²) in [5.74, 6) is -0.449. The molecule has 2 heterocycles. The molecule has 0 aliphatic carbocycles. The number of nitrogens with one attached hydrogen (secondary N) is 2. The van der Waals surface area contributed by atoms with Crippen molar-refractivity contribution in [3.05, 3.63) is 65.2 Å². The Morgan fingerprint density at radius 2 is 1.91 bits per heavy atom. The largest absolute Gasteiger partial charge is 0.327 e. The molecule has 32 heavy (non-hydrogen) atoms. The van der Waals surface area contributed by atoms with Gasteiger partial charge in [-0.05, 0) is 62.4 Å². The zero-order valence-electron chi connectivity index (χ0n) is 18.6. The average molecular weight is 435 g/mol. The first-order valence-electron chi connectivity index (χ1n) is 11.2. The van der Waals surface area contributed by atoms with E-state index in [0.29, 0.717) is 19.4 Å². The van der Waals surface area contributed by atoms with Crippen LogP contribution in [0.15, 0.2) is 48.5 Å². The van der Waals surface area contributed by atoms with E-state index in [1.807, 2.05) is 62.4 Å². The van der Waals surface area contributed by atoms with Gasteiger partial charge in [0.2, 0.25) is 11.8 Å². The fraction of sp³-hybridized carbons (Fsp3) is 0.400. The highest BCUT2D eigenvalue weighted by molar-refractivity contribution is 6.03. The lowest BCUT2D eigenvalue weighted by molar-refractivity contribution is -0.138. The van der Waals surface area contributed by atoms with Gasteiger partial charge in [-0.15, -0.1) is 0 Å². The minimum atomic E-state index is -0.467. The molecule has 2 aromatic rings. The average Bonchev–Trinajstić information content (AvgIpc) is 2.80. The van der Waals surface area contributed by atoms with Gasteiger partial charge in [0.15, 0.2) is 0 Å². The summed E-state index contributed by atoms with van der Waals surface area (Å²) in [6.45, 7) is 4.85. The van der Waals surface area contributed by atoms with E-state index in [4.69, 9.17) is 0 Å². The maximum Gasteiger partial charge on any atom is 0.327 e. The highest BCUT2D eigenvalue weighted by Crippen LogP contribution is 2.25. The standard InChI is InChI=1S/C25H30N4O3/c1-17-10-11-18(2)20(15-17)27-22(30)16-29-21-9-6-13-26-23(21)24(31)28(25(29)32)14-12-19-7-4-3-5-8-19/h3-5,7-8,10-11,15,21,23,26H,6,9,12-14,16H2,1-2H3,(H,27,30). The summed E-state index contributed by atoms with van der Waals surface area (Å²) in [6.07, 6.45) is 2.15. The summed E-state index contributed by atoms with van der Waals surface area (Å²) in [4.78, 5) is 42.2. The number of hydrogen-bond donors (Lipinski definition) is 2. The molecule has 2 aliphatic heterocycles. The SMILES string of the molecule is Cc1ccc(C)c(NC(=O)CN2C(=O)N(CCc3ccccc3)C(=O)C3NCCCC32)c1. The third-order valence-electron chi connectivity index (χ3n) is 6.28. The van der Waals surface area contributed by atoms with Gasteiger partial charge in [-0.1, -0.05) is 42.5 Å². The second-order valence-electron chi connectivity index (χ2n) is 8.64. The first-order valence-corrected chi connectivity index (χ1v) is 11.2. The first-order chi connectivity index (χ1) is 15.4. The number of aryl methyl sites for hydroxylation is 2.